The molecule has 2 heterocycles. The monoisotopic (exact) mass is 306 g/mol. The van der Waals surface area contributed by atoms with Crippen LogP contribution in [0.2, 0.25) is 0 Å². The van der Waals surface area contributed by atoms with E-state index in [4.69, 9.17) is 4.74 Å². The molecule has 2 bridgehead atoms. The van der Waals surface area contributed by atoms with Crippen molar-refractivity contribution in [2.24, 2.45) is 11.3 Å². The van der Waals surface area contributed by atoms with E-state index in [0.717, 1.165) is 12.8 Å². The van der Waals surface area contributed by atoms with Gasteiger partial charge in [-0.25, -0.2) is 4.39 Å². The summed E-state index contributed by atoms with van der Waals surface area (Å²) >= 11 is 0. The Bertz CT molecular complexity index is 615. The Morgan fingerprint density at radius 3 is 2.91 bits per heavy atom. The average molecular weight is 306 g/mol. The van der Waals surface area contributed by atoms with Gasteiger partial charge in [-0.05, 0) is 49.4 Å². The molecule has 0 spiro atoms. The molecule has 3 rings (SSSR count). The fourth-order valence-electron chi connectivity index (χ4n) is 4.26. The Hall–Kier alpha value is -1.75. The van der Waals surface area contributed by atoms with Crippen LogP contribution in [0.4, 0.5) is 4.39 Å². The quantitative estimate of drug-likeness (QED) is 0.850. The molecule has 1 N–H and O–H groups in total. The van der Waals surface area contributed by atoms with Crippen LogP contribution in [0.1, 0.15) is 42.1 Å². The Balaban J connectivity index is 1.98. The van der Waals surface area contributed by atoms with Crippen molar-refractivity contribution in [3.05, 3.63) is 35.1 Å². The van der Waals surface area contributed by atoms with E-state index >= 15 is 0 Å². The molecule has 2 fully saturated rings. The predicted molar refractivity (Wildman–Crippen MR) is 77.2 cm³/mol. The summed E-state index contributed by atoms with van der Waals surface area (Å²) in [5, 5.41) is 9.79. The zero-order valence-corrected chi connectivity index (χ0v) is 12.4. The van der Waals surface area contributed by atoms with Gasteiger partial charge in [-0.15, -0.1) is 0 Å². The lowest BCUT2D eigenvalue weighted by Gasteiger charge is -2.37. The second-order valence-electron chi connectivity index (χ2n) is 6.21. The largest absolute Gasteiger partial charge is 0.481 e. The summed E-state index contributed by atoms with van der Waals surface area (Å²) in [7, 11) is 0. The van der Waals surface area contributed by atoms with Gasteiger partial charge < -0.3 is 9.84 Å². The van der Waals surface area contributed by atoms with Crippen LogP contribution in [0.5, 0.6) is 0 Å². The van der Waals surface area contributed by atoms with Crippen LogP contribution < -0.4 is 0 Å². The molecule has 2 saturated heterocycles. The number of hydrogen-bond acceptors (Lipinski definition) is 3. The zero-order chi connectivity index (χ0) is 15.9. The summed E-state index contributed by atoms with van der Waals surface area (Å²) < 4.78 is 19.4. The van der Waals surface area contributed by atoms with Gasteiger partial charge in [0.15, 0.2) is 0 Å². The first-order chi connectivity index (χ1) is 10.5. The fraction of sp³-hybridized carbons (Fsp3) is 0.529. The Morgan fingerprint density at radius 2 is 2.27 bits per heavy atom. The number of aliphatic carboxylic acids is 1. The number of hydrogen-bond donors (Lipinski definition) is 1. The first kappa shape index (κ1) is 15.2. The standard InChI is InChI=1S/C17H19FO4/c1-2-17(16(20)21)13(14-5-6-15(17)22-14)8-11-7-12(18)4-3-10(11)9-19/h3-4,7,9,13-15H,2,5-6,8H2,1H3,(H,20,21). The molecule has 4 atom stereocenters. The summed E-state index contributed by atoms with van der Waals surface area (Å²) in [6.45, 7) is 1.86. The maximum Gasteiger partial charge on any atom is 0.312 e. The molecule has 2 aliphatic heterocycles. The number of carboxylic acids is 1. The molecule has 0 aromatic heterocycles. The van der Waals surface area contributed by atoms with Crippen molar-refractivity contribution < 1.29 is 23.8 Å². The lowest BCUT2D eigenvalue weighted by atomic mass is 9.62. The maximum atomic E-state index is 13.5. The van der Waals surface area contributed by atoms with E-state index in [0.29, 0.717) is 30.3 Å². The van der Waals surface area contributed by atoms with Gasteiger partial charge in [0.2, 0.25) is 0 Å². The topological polar surface area (TPSA) is 63.6 Å². The molecule has 5 heteroatoms. The van der Waals surface area contributed by atoms with Crippen molar-refractivity contribution in [2.45, 2.75) is 44.8 Å². The second-order valence-corrected chi connectivity index (χ2v) is 6.21. The van der Waals surface area contributed by atoms with Crippen LogP contribution in [0, 0.1) is 17.2 Å². The first-order valence-electron chi connectivity index (χ1n) is 7.65. The lowest BCUT2D eigenvalue weighted by Crippen LogP contribution is -2.47. The van der Waals surface area contributed by atoms with E-state index in [9.17, 15) is 19.1 Å². The predicted octanol–water partition coefficient (Wildman–Crippen LogP) is 2.84. The Morgan fingerprint density at radius 1 is 1.50 bits per heavy atom. The number of carbonyl (C=O) groups excluding carboxylic acids is 1. The maximum absolute atomic E-state index is 13.5. The van der Waals surface area contributed by atoms with Crippen LogP contribution in [0.25, 0.3) is 0 Å². The third-order valence-electron chi connectivity index (χ3n) is 5.39. The molecular formula is C17H19FO4. The first-order valence-corrected chi connectivity index (χ1v) is 7.65. The van der Waals surface area contributed by atoms with Crippen LogP contribution in [0.15, 0.2) is 18.2 Å². The third-order valence-corrected chi connectivity index (χ3v) is 5.39. The van der Waals surface area contributed by atoms with Gasteiger partial charge >= 0.3 is 5.97 Å². The molecule has 0 amide bonds. The summed E-state index contributed by atoms with van der Waals surface area (Å²) in [4.78, 5) is 23.1. The number of ether oxygens (including phenoxy) is 1. The van der Waals surface area contributed by atoms with E-state index in [1.54, 1.807) is 0 Å². The summed E-state index contributed by atoms with van der Waals surface area (Å²) in [5.41, 5.74) is 0.0462. The van der Waals surface area contributed by atoms with Crippen LogP contribution in [0.3, 0.4) is 0 Å². The van der Waals surface area contributed by atoms with E-state index in [1.807, 2.05) is 6.92 Å². The van der Waals surface area contributed by atoms with Crippen molar-refractivity contribution in [2.75, 3.05) is 0 Å². The highest BCUT2D eigenvalue weighted by Crippen LogP contribution is 2.55. The Kier molecular flexibility index (Phi) is 3.77. The van der Waals surface area contributed by atoms with Crippen molar-refractivity contribution in [1.29, 1.82) is 0 Å². The van der Waals surface area contributed by atoms with Crippen molar-refractivity contribution in [1.82, 2.24) is 0 Å². The molecule has 22 heavy (non-hydrogen) atoms. The van der Waals surface area contributed by atoms with Gasteiger partial charge in [0.1, 0.15) is 12.1 Å². The number of carbonyl (C=O) groups is 2. The molecule has 1 aromatic rings. The van der Waals surface area contributed by atoms with Crippen LogP contribution in [-0.4, -0.2) is 29.6 Å². The molecule has 0 saturated carbocycles. The van der Waals surface area contributed by atoms with Crippen LogP contribution in [-0.2, 0) is 16.0 Å². The Labute approximate surface area is 128 Å². The van der Waals surface area contributed by atoms with Gasteiger partial charge in [0.05, 0.1) is 17.6 Å². The molecule has 2 aliphatic rings. The summed E-state index contributed by atoms with van der Waals surface area (Å²) in [5.74, 6) is -1.49. The highest BCUT2D eigenvalue weighted by Gasteiger charge is 2.62. The number of benzene rings is 1. The number of rotatable bonds is 5. The third kappa shape index (κ3) is 2.07. The van der Waals surface area contributed by atoms with Crippen molar-refractivity contribution in [3.8, 4) is 0 Å². The number of carboxylic acid groups (broad SMARTS) is 1. The minimum absolute atomic E-state index is 0.121. The number of halogens is 1. The van der Waals surface area contributed by atoms with Gasteiger partial charge in [0.25, 0.3) is 0 Å². The molecule has 4 nitrogen and oxygen atoms in total. The molecule has 0 aliphatic carbocycles. The molecule has 4 unspecified atom stereocenters. The van der Waals surface area contributed by atoms with E-state index in [1.165, 1.54) is 18.2 Å². The minimum atomic E-state index is -0.935. The highest BCUT2D eigenvalue weighted by atomic mass is 19.1. The van der Waals surface area contributed by atoms with Gasteiger partial charge in [-0.1, -0.05) is 6.92 Å². The van der Waals surface area contributed by atoms with Gasteiger partial charge in [-0.2, -0.15) is 0 Å². The minimum Gasteiger partial charge on any atom is -0.481 e. The van der Waals surface area contributed by atoms with Crippen LogP contribution >= 0.6 is 0 Å². The fourth-order valence-corrected chi connectivity index (χ4v) is 4.26. The van der Waals surface area contributed by atoms with Crippen molar-refractivity contribution >= 4 is 12.3 Å². The van der Waals surface area contributed by atoms with Crippen molar-refractivity contribution in [3.63, 3.8) is 0 Å². The van der Waals surface area contributed by atoms with Gasteiger partial charge in [-0.3, -0.25) is 9.59 Å². The zero-order valence-electron chi connectivity index (χ0n) is 12.4. The van der Waals surface area contributed by atoms with Gasteiger partial charge in [0, 0.05) is 11.5 Å². The molecular weight excluding hydrogens is 287 g/mol. The smallest absolute Gasteiger partial charge is 0.312 e. The molecule has 118 valence electrons. The normalized spacial score (nSPS) is 33.1. The molecule has 0 radical (unpaired) electrons. The molecule has 1 aromatic carbocycles. The van der Waals surface area contributed by atoms with E-state index < -0.39 is 17.2 Å². The highest BCUT2D eigenvalue weighted by molar-refractivity contribution is 5.78. The second kappa shape index (κ2) is 5.47. The van der Waals surface area contributed by atoms with E-state index in [-0.39, 0.29) is 18.1 Å². The number of aldehydes is 1. The average Bonchev–Trinajstić information content (AvgIpc) is 3.07. The summed E-state index contributed by atoms with van der Waals surface area (Å²) in [6.07, 6.45) is 2.70. The lowest BCUT2D eigenvalue weighted by molar-refractivity contribution is -0.155. The summed E-state index contributed by atoms with van der Waals surface area (Å²) in [6, 6.07) is 4.02. The number of fused-ring (bicyclic) bond motifs is 2. The van der Waals surface area contributed by atoms with E-state index in [2.05, 4.69) is 0 Å². The SMILES string of the molecule is CCC1(C(=O)O)C2CCC(O2)C1Cc1cc(F)ccc1C=O.